The summed E-state index contributed by atoms with van der Waals surface area (Å²) in [5.41, 5.74) is 1.64. The lowest BCUT2D eigenvalue weighted by Crippen LogP contribution is -2.07. The van der Waals surface area contributed by atoms with E-state index in [2.05, 4.69) is 6.92 Å². The van der Waals surface area contributed by atoms with Gasteiger partial charge in [-0.2, -0.15) is 5.26 Å². The molecule has 2 aromatic rings. The Morgan fingerprint density at radius 2 is 1.83 bits per heavy atom. The molecule has 0 aliphatic rings. The van der Waals surface area contributed by atoms with Crippen LogP contribution in [0.1, 0.15) is 26.7 Å². The van der Waals surface area contributed by atoms with Crippen LogP contribution in [0.5, 0.6) is 11.5 Å². The van der Waals surface area contributed by atoms with E-state index < -0.39 is 6.10 Å². The molecule has 0 fully saturated rings. The summed E-state index contributed by atoms with van der Waals surface area (Å²) in [5.74, 6) is 0.532. The normalized spacial score (nSPS) is 11.6. The van der Waals surface area contributed by atoms with Crippen molar-refractivity contribution in [3.05, 3.63) is 48.3 Å². The highest BCUT2D eigenvalue weighted by Gasteiger charge is 2.07. The zero-order valence-electron chi connectivity index (χ0n) is 13.4. The molecule has 2 rings (SSSR count). The maximum atomic E-state index is 14.1. The number of unbranched alkanes of at least 4 members (excludes halogenated alkanes) is 1. The lowest BCUT2D eigenvalue weighted by Gasteiger charge is -2.10. The van der Waals surface area contributed by atoms with Crippen molar-refractivity contribution in [2.75, 3.05) is 6.61 Å². The summed E-state index contributed by atoms with van der Waals surface area (Å²) in [6.07, 6.45) is 1.42. The highest BCUT2D eigenvalue weighted by molar-refractivity contribution is 5.65. The standard InChI is InChI=1S/C19H20FNO2/c1-3-4-11-22-19-10-7-16(12-18(19)20)15-5-8-17(9-6-15)23-14(2)13-21/h5-10,12,14H,3-4,11H2,1-2H3. The monoisotopic (exact) mass is 313 g/mol. The maximum absolute atomic E-state index is 14.1. The number of hydrogen-bond acceptors (Lipinski definition) is 3. The zero-order chi connectivity index (χ0) is 16.7. The fraction of sp³-hybridized carbons (Fsp3) is 0.316. The number of nitrogens with zero attached hydrogens (tertiary/aromatic N) is 1. The minimum atomic E-state index is -0.502. The Morgan fingerprint density at radius 3 is 2.43 bits per heavy atom. The topological polar surface area (TPSA) is 42.2 Å². The minimum absolute atomic E-state index is 0.282. The molecule has 0 spiro atoms. The van der Waals surface area contributed by atoms with Crippen LogP contribution in [-0.2, 0) is 0 Å². The third-order valence-electron chi connectivity index (χ3n) is 3.37. The molecule has 0 aliphatic carbocycles. The SMILES string of the molecule is CCCCOc1ccc(-c2ccc(OC(C)C#N)cc2)cc1F. The third-order valence-corrected chi connectivity index (χ3v) is 3.37. The van der Waals surface area contributed by atoms with Crippen molar-refractivity contribution in [1.29, 1.82) is 5.26 Å². The van der Waals surface area contributed by atoms with Gasteiger partial charge in [0, 0.05) is 0 Å². The van der Waals surface area contributed by atoms with Gasteiger partial charge in [0.05, 0.1) is 6.61 Å². The van der Waals surface area contributed by atoms with Gasteiger partial charge in [-0.15, -0.1) is 0 Å². The van der Waals surface area contributed by atoms with Crippen molar-refractivity contribution in [1.82, 2.24) is 0 Å². The first-order chi connectivity index (χ1) is 11.1. The van der Waals surface area contributed by atoms with Gasteiger partial charge in [0.2, 0.25) is 0 Å². The summed E-state index contributed by atoms with van der Waals surface area (Å²) in [7, 11) is 0. The molecule has 0 heterocycles. The fourth-order valence-corrected chi connectivity index (χ4v) is 2.08. The van der Waals surface area contributed by atoms with Gasteiger partial charge < -0.3 is 9.47 Å². The van der Waals surface area contributed by atoms with Crippen LogP contribution < -0.4 is 9.47 Å². The van der Waals surface area contributed by atoms with Crippen molar-refractivity contribution in [3.8, 4) is 28.7 Å². The molecule has 1 atom stereocenters. The van der Waals surface area contributed by atoms with Gasteiger partial charge in [0.25, 0.3) is 0 Å². The van der Waals surface area contributed by atoms with Crippen LogP contribution in [0, 0.1) is 17.1 Å². The van der Waals surface area contributed by atoms with Gasteiger partial charge in [-0.25, -0.2) is 4.39 Å². The molecule has 2 aromatic carbocycles. The van der Waals surface area contributed by atoms with E-state index in [1.807, 2.05) is 24.3 Å². The summed E-state index contributed by atoms with van der Waals surface area (Å²) < 4.78 is 24.9. The first-order valence-corrected chi connectivity index (χ1v) is 7.73. The Kier molecular flexibility index (Phi) is 5.99. The molecular weight excluding hydrogens is 293 g/mol. The van der Waals surface area contributed by atoms with Crippen LogP contribution in [0.4, 0.5) is 4.39 Å². The fourth-order valence-electron chi connectivity index (χ4n) is 2.08. The van der Waals surface area contributed by atoms with Crippen LogP contribution in [0.15, 0.2) is 42.5 Å². The number of benzene rings is 2. The minimum Gasteiger partial charge on any atom is -0.491 e. The van der Waals surface area contributed by atoms with E-state index in [0.29, 0.717) is 12.4 Å². The molecule has 0 aliphatic heterocycles. The van der Waals surface area contributed by atoms with E-state index in [1.54, 1.807) is 25.1 Å². The maximum Gasteiger partial charge on any atom is 0.181 e. The molecule has 3 nitrogen and oxygen atoms in total. The summed E-state index contributed by atoms with van der Waals surface area (Å²) in [5, 5.41) is 8.73. The molecule has 0 N–H and O–H groups in total. The molecule has 0 radical (unpaired) electrons. The zero-order valence-corrected chi connectivity index (χ0v) is 13.4. The highest BCUT2D eigenvalue weighted by atomic mass is 19.1. The summed E-state index contributed by atoms with van der Waals surface area (Å²) in [6, 6.07) is 14.2. The van der Waals surface area contributed by atoms with Crippen molar-refractivity contribution < 1.29 is 13.9 Å². The van der Waals surface area contributed by atoms with E-state index in [9.17, 15) is 4.39 Å². The van der Waals surface area contributed by atoms with Crippen LogP contribution >= 0.6 is 0 Å². The lowest BCUT2D eigenvalue weighted by atomic mass is 10.1. The second-order valence-electron chi connectivity index (χ2n) is 5.26. The molecule has 1 unspecified atom stereocenters. The van der Waals surface area contributed by atoms with Gasteiger partial charge in [-0.3, -0.25) is 0 Å². The Labute approximate surface area is 136 Å². The smallest absolute Gasteiger partial charge is 0.181 e. The Bertz CT molecular complexity index is 677. The summed E-state index contributed by atoms with van der Waals surface area (Å²) in [4.78, 5) is 0. The second-order valence-corrected chi connectivity index (χ2v) is 5.26. The Hall–Kier alpha value is -2.54. The summed E-state index contributed by atoms with van der Waals surface area (Å²) in [6.45, 7) is 4.27. The van der Waals surface area contributed by atoms with Crippen LogP contribution in [0.3, 0.4) is 0 Å². The average Bonchev–Trinajstić information content (AvgIpc) is 2.57. The van der Waals surface area contributed by atoms with Crippen LogP contribution in [-0.4, -0.2) is 12.7 Å². The molecule has 23 heavy (non-hydrogen) atoms. The van der Waals surface area contributed by atoms with Crippen molar-refractivity contribution >= 4 is 0 Å². The van der Waals surface area contributed by atoms with E-state index in [-0.39, 0.29) is 11.6 Å². The van der Waals surface area contributed by atoms with Crippen LogP contribution in [0.25, 0.3) is 11.1 Å². The van der Waals surface area contributed by atoms with E-state index >= 15 is 0 Å². The molecule has 0 amide bonds. The predicted molar refractivity (Wildman–Crippen MR) is 87.9 cm³/mol. The van der Waals surface area contributed by atoms with Gasteiger partial charge >= 0.3 is 0 Å². The first-order valence-electron chi connectivity index (χ1n) is 7.73. The van der Waals surface area contributed by atoms with E-state index in [0.717, 1.165) is 24.0 Å². The van der Waals surface area contributed by atoms with Gasteiger partial charge in [-0.05, 0) is 48.7 Å². The average molecular weight is 313 g/mol. The van der Waals surface area contributed by atoms with E-state index in [1.165, 1.54) is 6.07 Å². The van der Waals surface area contributed by atoms with Crippen molar-refractivity contribution in [3.63, 3.8) is 0 Å². The second kappa shape index (κ2) is 8.19. The third kappa shape index (κ3) is 4.72. The Balaban J connectivity index is 2.09. The quantitative estimate of drug-likeness (QED) is 0.678. The number of nitriles is 1. The van der Waals surface area contributed by atoms with Crippen molar-refractivity contribution in [2.24, 2.45) is 0 Å². The molecule has 0 saturated heterocycles. The molecule has 0 aromatic heterocycles. The number of hydrogen-bond donors (Lipinski definition) is 0. The molecule has 120 valence electrons. The summed E-state index contributed by atoms with van der Waals surface area (Å²) >= 11 is 0. The molecular formula is C19H20FNO2. The number of rotatable bonds is 7. The molecule has 0 saturated carbocycles. The van der Waals surface area contributed by atoms with Crippen LogP contribution in [0.2, 0.25) is 0 Å². The van der Waals surface area contributed by atoms with Crippen molar-refractivity contribution in [2.45, 2.75) is 32.8 Å². The first kappa shape index (κ1) is 16.8. The Morgan fingerprint density at radius 1 is 1.13 bits per heavy atom. The molecule has 4 heteroatoms. The van der Waals surface area contributed by atoms with Gasteiger partial charge in [0.1, 0.15) is 11.8 Å². The largest absolute Gasteiger partial charge is 0.491 e. The van der Waals surface area contributed by atoms with Gasteiger partial charge in [-0.1, -0.05) is 31.5 Å². The predicted octanol–water partition coefficient (Wildman–Crippen LogP) is 4.96. The lowest BCUT2D eigenvalue weighted by molar-refractivity contribution is 0.276. The highest BCUT2D eigenvalue weighted by Crippen LogP contribution is 2.27. The number of halogens is 1. The van der Waals surface area contributed by atoms with E-state index in [4.69, 9.17) is 14.7 Å². The number of ether oxygens (including phenoxy) is 2. The molecule has 0 bridgehead atoms. The van der Waals surface area contributed by atoms with Gasteiger partial charge in [0.15, 0.2) is 17.7 Å².